The number of carbonyl (C=O) groups excluding carboxylic acids is 1. The molecule has 0 N–H and O–H groups in total. The van der Waals surface area contributed by atoms with Gasteiger partial charge in [0.25, 0.3) is 0 Å². The van der Waals surface area contributed by atoms with Crippen LogP contribution < -0.4 is 9.47 Å². The number of hydrogen-bond acceptors (Lipinski definition) is 7. The molecule has 2 heterocycles. The Bertz CT molecular complexity index is 540. The summed E-state index contributed by atoms with van der Waals surface area (Å²) in [6.07, 6.45) is 2.20. The second kappa shape index (κ2) is 7.25. The van der Waals surface area contributed by atoms with Gasteiger partial charge in [0.2, 0.25) is 11.8 Å². The standard InChI is InChI=1S/C15H23N3O4S/c1-15(2,3)22-14(19)18-7-6-10(9-18)21-12-8-11(20-4)16-13(17-12)23-5/h8,10H,6-7,9H2,1-5H3/t10-/m1/s1. The highest BCUT2D eigenvalue weighted by Gasteiger charge is 2.31. The molecule has 1 aromatic heterocycles. The van der Waals surface area contributed by atoms with Crippen LogP contribution in [0.5, 0.6) is 11.8 Å². The van der Waals surface area contributed by atoms with Gasteiger partial charge in [0.15, 0.2) is 5.16 Å². The Morgan fingerprint density at radius 3 is 2.65 bits per heavy atom. The highest BCUT2D eigenvalue weighted by molar-refractivity contribution is 7.98. The van der Waals surface area contributed by atoms with E-state index in [9.17, 15) is 4.79 Å². The number of methoxy groups -OCH3 is 1. The average molecular weight is 341 g/mol. The molecular weight excluding hydrogens is 318 g/mol. The van der Waals surface area contributed by atoms with E-state index in [2.05, 4.69) is 9.97 Å². The van der Waals surface area contributed by atoms with Crippen molar-refractivity contribution in [2.45, 2.75) is 44.1 Å². The Balaban J connectivity index is 1.96. The molecule has 1 fully saturated rings. The molecular formula is C15H23N3O4S. The summed E-state index contributed by atoms with van der Waals surface area (Å²) in [6, 6.07) is 1.65. The molecule has 8 heteroatoms. The van der Waals surface area contributed by atoms with Gasteiger partial charge in [0, 0.05) is 13.0 Å². The Kier molecular flexibility index (Phi) is 5.56. The summed E-state index contributed by atoms with van der Waals surface area (Å²) >= 11 is 1.42. The number of carbonyl (C=O) groups is 1. The van der Waals surface area contributed by atoms with E-state index in [0.29, 0.717) is 30.0 Å². The van der Waals surface area contributed by atoms with E-state index in [4.69, 9.17) is 14.2 Å². The lowest BCUT2D eigenvalue weighted by atomic mass is 10.2. The quantitative estimate of drug-likeness (QED) is 0.615. The van der Waals surface area contributed by atoms with E-state index >= 15 is 0 Å². The van der Waals surface area contributed by atoms with Crippen LogP contribution in [0.3, 0.4) is 0 Å². The number of thioether (sulfide) groups is 1. The van der Waals surface area contributed by atoms with Gasteiger partial charge in [0.05, 0.1) is 19.7 Å². The van der Waals surface area contributed by atoms with E-state index < -0.39 is 5.60 Å². The number of aromatic nitrogens is 2. The number of likely N-dealkylation sites (tertiary alicyclic amines) is 1. The van der Waals surface area contributed by atoms with Crippen molar-refractivity contribution in [1.29, 1.82) is 0 Å². The van der Waals surface area contributed by atoms with Crippen molar-refractivity contribution >= 4 is 17.9 Å². The van der Waals surface area contributed by atoms with Gasteiger partial charge >= 0.3 is 6.09 Å². The summed E-state index contributed by atoms with van der Waals surface area (Å²) in [6.45, 7) is 6.65. The molecule has 23 heavy (non-hydrogen) atoms. The maximum absolute atomic E-state index is 12.1. The largest absolute Gasteiger partial charge is 0.481 e. The third kappa shape index (κ3) is 5.16. The summed E-state index contributed by atoms with van der Waals surface area (Å²) < 4.78 is 16.4. The van der Waals surface area contributed by atoms with Gasteiger partial charge < -0.3 is 19.1 Å². The Morgan fingerprint density at radius 2 is 2.04 bits per heavy atom. The molecule has 0 saturated carbocycles. The fourth-order valence-corrected chi connectivity index (χ4v) is 2.49. The van der Waals surface area contributed by atoms with Crippen LogP contribution >= 0.6 is 11.8 Å². The molecule has 1 saturated heterocycles. The summed E-state index contributed by atoms with van der Waals surface area (Å²) in [7, 11) is 1.55. The zero-order valence-corrected chi connectivity index (χ0v) is 15.0. The molecule has 1 atom stereocenters. The summed E-state index contributed by atoms with van der Waals surface area (Å²) in [5.74, 6) is 0.915. The average Bonchev–Trinajstić information content (AvgIpc) is 2.93. The molecule has 1 aliphatic rings. The first-order valence-corrected chi connectivity index (χ1v) is 8.65. The van der Waals surface area contributed by atoms with Crippen LogP contribution in [-0.2, 0) is 4.74 Å². The predicted octanol–water partition coefficient (Wildman–Crippen LogP) is 2.60. The van der Waals surface area contributed by atoms with Crippen molar-refractivity contribution in [3.63, 3.8) is 0 Å². The van der Waals surface area contributed by atoms with Crippen LogP contribution in [0.4, 0.5) is 4.79 Å². The van der Waals surface area contributed by atoms with Gasteiger partial charge in [-0.05, 0) is 27.0 Å². The number of ether oxygens (including phenoxy) is 3. The molecule has 0 unspecified atom stereocenters. The second-order valence-corrected chi connectivity index (χ2v) is 6.96. The molecule has 1 aliphatic heterocycles. The fourth-order valence-electron chi connectivity index (χ4n) is 2.13. The molecule has 1 amide bonds. The summed E-state index contributed by atoms with van der Waals surface area (Å²) in [5, 5.41) is 0.585. The zero-order valence-electron chi connectivity index (χ0n) is 14.2. The number of amides is 1. The van der Waals surface area contributed by atoms with E-state index in [0.717, 1.165) is 6.42 Å². The third-order valence-corrected chi connectivity index (χ3v) is 3.68. The third-order valence-electron chi connectivity index (χ3n) is 3.13. The maximum atomic E-state index is 12.1. The van der Waals surface area contributed by atoms with E-state index in [-0.39, 0.29) is 12.2 Å². The molecule has 0 spiro atoms. The number of nitrogens with zero attached hydrogens (tertiary/aromatic N) is 3. The number of rotatable bonds is 4. The fraction of sp³-hybridized carbons (Fsp3) is 0.667. The number of hydrogen-bond donors (Lipinski definition) is 0. The first kappa shape index (κ1) is 17.7. The van der Waals surface area contributed by atoms with Gasteiger partial charge in [0.1, 0.15) is 11.7 Å². The first-order valence-electron chi connectivity index (χ1n) is 7.42. The summed E-state index contributed by atoms with van der Waals surface area (Å²) in [4.78, 5) is 22.2. The molecule has 0 radical (unpaired) electrons. The van der Waals surface area contributed by atoms with E-state index in [1.54, 1.807) is 18.1 Å². The lowest BCUT2D eigenvalue weighted by Crippen LogP contribution is -2.36. The van der Waals surface area contributed by atoms with Crippen molar-refractivity contribution in [2.75, 3.05) is 26.5 Å². The first-order chi connectivity index (χ1) is 10.8. The lowest BCUT2D eigenvalue weighted by Gasteiger charge is -2.24. The SMILES string of the molecule is COc1cc(O[C@@H]2CCN(C(=O)OC(C)(C)C)C2)nc(SC)n1. The van der Waals surface area contributed by atoms with E-state index in [1.165, 1.54) is 11.8 Å². The highest BCUT2D eigenvalue weighted by Crippen LogP contribution is 2.24. The Hall–Kier alpha value is -1.70. The minimum absolute atomic E-state index is 0.114. The van der Waals surface area contributed by atoms with Crippen molar-refractivity contribution < 1.29 is 19.0 Å². The smallest absolute Gasteiger partial charge is 0.410 e. The van der Waals surface area contributed by atoms with Crippen molar-refractivity contribution in [2.24, 2.45) is 0 Å². The van der Waals surface area contributed by atoms with Gasteiger partial charge in [-0.15, -0.1) is 0 Å². The molecule has 7 nitrogen and oxygen atoms in total. The van der Waals surface area contributed by atoms with Gasteiger partial charge in [-0.25, -0.2) is 4.79 Å². The van der Waals surface area contributed by atoms with Crippen LogP contribution in [0.25, 0.3) is 0 Å². The van der Waals surface area contributed by atoms with Crippen LogP contribution in [0.1, 0.15) is 27.2 Å². The highest BCUT2D eigenvalue weighted by atomic mass is 32.2. The monoisotopic (exact) mass is 341 g/mol. The Labute approximate surface area is 140 Å². The van der Waals surface area contributed by atoms with Crippen LogP contribution in [0.15, 0.2) is 11.2 Å². The van der Waals surface area contributed by atoms with Crippen molar-refractivity contribution in [3.8, 4) is 11.8 Å². The molecule has 128 valence electrons. The van der Waals surface area contributed by atoms with Gasteiger partial charge in [-0.2, -0.15) is 9.97 Å². The minimum atomic E-state index is -0.497. The van der Waals surface area contributed by atoms with E-state index in [1.807, 2.05) is 27.0 Å². The molecule has 1 aromatic rings. The maximum Gasteiger partial charge on any atom is 0.410 e. The van der Waals surface area contributed by atoms with Gasteiger partial charge in [-0.1, -0.05) is 11.8 Å². The Morgan fingerprint density at radius 1 is 1.35 bits per heavy atom. The molecule has 0 aliphatic carbocycles. The van der Waals surface area contributed by atoms with Gasteiger partial charge in [-0.3, -0.25) is 0 Å². The van der Waals surface area contributed by atoms with Crippen molar-refractivity contribution in [1.82, 2.24) is 14.9 Å². The van der Waals surface area contributed by atoms with Crippen LogP contribution in [0.2, 0.25) is 0 Å². The predicted molar refractivity (Wildman–Crippen MR) is 87.2 cm³/mol. The zero-order chi connectivity index (χ0) is 17.0. The molecule has 2 rings (SSSR count). The van der Waals surface area contributed by atoms with Crippen LogP contribution in [-0.4, -0.2) is 59.1 Å². The lowest BCUT2D eigenvalue weighted by molar-refractivity contribution is 0.0274. The summed E-state index contributed by atoms with van der Waals surface area (Å²) in [5.41, 5.74) is -0.497. The minimum Gasteiger partial charge on any atom is -0.481 e. The van der Waals surface area contributed by atoms with Crippen LogP contribution in [0, 0.1) is 0 Å². The second-order valence-electron chi connectivity index (χ2n) is 6.19. The normalized spacial score (nSPS) is 18.0. The molecule has 0 bridgehead atoms. The van der Waals surface area contributed by atoms with Crippen molar-refractivity contribution in [3.05, 3.63) is 6.07 Å². The molecule has 0 aromatic carbocycles. The topological polar surface area (TPSA) is 73.8 Å².